The van der Waals surface area contributed by atoms with E-state index in [0.717, 1.165) is 6.42 Å². The van der Waals surface area contributed by atoms with Crippen molar-refractivity contribution in [3.63, 3.8) is 0 Å². The molecule has 0 spiro atoms. The van der Waals surface area contributed by atoms with Gasteiger partial charge in [-0.15, -0.1) is 0 Å². The second kappa shape index (κ2) is 5.19. The molecule has 2 saturated heterocycles. The molecule has 2 fully saturated rings. The number of morpholine rings is 1. The van der Waals surface area contributed by atoms with Gasteiger partial charge >= 0.3 is 0 Å². The Bertz CT molecular complexity index is 351. The number of nitrogens with zero attached hydrogens (tertiary/aromatic N) is 2. The van der Waals surface area contributed by atoms with Gasteiger partial charge in [-0.2, -0.15) is 17.0 Å². The minimum absolute atomic E-state index is 0.0609. The lowest BCUT2D eigenvalue weighted by Crippen LogP contribution is -2.48. The fourth-order valence-corrected chi connectivity index (χ4v) is 3.95. The van der Waals surface area contributed by atoms with Gasteiger partial charge < -0.3 is 9.84 Å². The summed E-state index contributed by atoms with van der Waals surface area (Å²) in [5.41, 5.74) is 0. The van der Waals surface area contributed by atoms with Crippen LogP contribution in [0.1, 0.15) is 13.3 Å². The van der Waals surface area contributed by atoms with Crippen LogP contribution in [0.25, 0.3) is 0 Å². The van der Waals surface area contributed by atoms with Crippen molar-refractivity contribution >= 4 is 10.2 Å². The van der Waals surface area contributed by atoms with Gasteiger partial charge in [-0.3, -0.25) is 0 Å². The highest BCUT2D eigenvalue weighted by molar-refractivity contribution is 7.86. The summed E-state index contributed by atoms with van der Waals surface area (Å²) in [6, 6.07) is 0. The van der Waals surface area contributed by atoms with E-state index in [1.807, 2.05) is 0 Å². The molecule has 2 rings (SSSR count). The number of hydrogen-bond acceptors (Lipinski definition) is 4. The molecule has 2 aliphatic rings. The fourth-order valence-electron chi connectivity index (χ4n) is 2.30. The molecule has 2 unspecified atom stereocenters. The monoisotopic (exact) mass is 264 g/mol. The SMILES string of the molecule is CC(O)C1CCN(S(=O)(=O)N2CCOCC2)C1. The smallest absolute Gasteiger partial charge is 0.282 e. The summed E-state index contributed by atoms with van der Waals surface area (Å²) in [4.78, 5) is 0. The van der Waals surface area contributed by atoms with Crippen molar-refractivity contribution in [1.29, 1.82) is 0 Å². The average molecular weight is 264 g/mol. The lowest BCUT2D eigenvalue weighted by atomic mass is 10.0. The molecule has 2 heterocycles. The molecule has 6 nitrogen and oxygen atoms in total. The highest BCUT2D eigenvalue weighted by Crippen LogP contribution is 2.24. The first-order chi connectivity index (χ1) is 8.01. The predicted octanol–water partition coefficient (Wildman–Crippen LogP) is -0.734. The van der Waals surface area contributed by atoms with Crippen LogP contribution in [0.3, 0.4) is 0 Å². The highest BCUT2D eigenvalue weighted by Gasteiger charge is 2.37. The molecular formula is C10H20N2O4S. The summed E-state index contributed by atoms with van der Waals surface area (Å²) in [7, 11) is -3.35. The predicted molar refractivity (Wildman–Crippen MR) is 62.7 cm³/mol. The van der Waals surface area contributed by atoms with Crippen molar-refractivity contribution in [2.75, 3.05) is 39.4 Å². The largest absolute Gasteiger partial charge is 0.393 e. The summed E-state index contributed by atoms with van der Waals surface area (Å²) in [6.07, 6.45) is 0.293. The summed E-state index contributed by atoms with van der Waals surface area (Å²) < 4.78 is 32.6. The molecule has 0 aromatic rings. The van der Waals surface area contributed by atoms with Crippen LogP contribution in [0.4, 0.5) is 0 Å². The van der Waals surface area contributed by atoms with Gasteiger partial charge in [0.05, 0.1) is 19.3 Å². The lowest BCUT2D eigenvalue weighted by Gasteiger charge is -2.30. The first-order valence-corrected chi connectivity index (χ1v) is 7.42. The first-order valence-electron chi connectivity index (χ1n) is 6.03. The summed E-state index contributed by atoms with van der Waals surface area (Å²) >= 11 is 0. The molecule has 17 heavy (non-hydrogen) atoms. The summed E-state index contributed by atoms with van der Waals surface area (Å²) in [6.45, 7) is 4.44. The second-order valence-electron chi connectivity index (χ2n) is 4.67. The zero-order valence-corrected chi connectivity index (χ0v) is 10.9. The molecule has 0 amide bonds. The van der Waals surface area contributed by atoms with E-state index in [1.54, 1.807) is 6.92 Å². The van der Waals surface area contributed by atoms with E-state index in [2.05, 4.69) is 0 Å². The molecule has 7 heteroatoms. The standard InChI is InChI=1S/C10H20N2O4S/c1-9(13)10-2-3-12(8-10)17(14,15)11-4-6-16-7-5-11/h9-10,13H,2-8H2,1H3. The Morgan fingerprint density at radius 3 is 2.41 bits per heavy atom. The third-order valence-corrected chi connectivity index (χ3v) is 5.49. The van der Waals surface area contributed by atoms with E-state index in [9.17, 15) is 13.5 Å². The topological polar surface area (TPSA) is 70.1 Å². The van der Waals surface area contributed by atoms with Crippen LogP contribution < -0.4 is 0 Å². The normalized spacial score (nSPS) is 30.6. The maximum atomic E-state index is 12.3. The van der Waals surface area contributed by atoms with Gasteiger partial charge in [0.1, 0.15) is 0 Å². The quantitative estimate of drug-likeness (QED) is 0.729. The highest BCUT2D eigenvalue weighted by atomic mass is 32.2. The van der Waals surface area contributed by atoms with Crippen molar-refractivity contribution in [1.82, 2.24) is 8.61 Å². The van der Waals surface area contributed by atoms with E-state index in [0.29, 0.717) is 39.4 Å². The first kappa shape index (κ1) is 13.2. The number of aliphatic hydroxyl groups excluding tert-OH is 1. The molecule has 0 saturated carbocycles. The lowest BCUT2D eigenvalue weighted by molar-refractivity contribution is 0.0702. The molecule has 2 aliphatic heterocycles. The van der Waals surface area contributed by atoms with Gasteiger partial charge in [0.25, 0.3) is 10.2 Å². The van der Waals surface area contributed by atoms with Crippen LogP contribution in [0, 0.1) is 5.92 Å². The van der Waals surface area contributed by atoms with Crippen molar-refractivity contribution in [2.24, 2.45) is 5.92 Å². The molecule has 0 bridgehead atoms. The van der Waals surface area contributed by atoms with Gasteiger partial charge in [0, 0.05) is 26.2 Å². The van der Waals surface area contributed by atoms with Crippen LogP contribution in [0.5, 0.6) is 0 Å². The van der Waals surface area contributed by atoms with Gasteiger partial charge in [-0.25, -0.2) is 0 Å². The number of hydrogen-bond donors (Lipinski definition) is 1. The molecule has 2 atom stereocenters. The van der Waals surface area contributed by atoms with E-state index in [1.165, 1.54) is 8.61 Å². The molecule has 0 radical (unpaired) electrons. The van der Waals surface area contributed by atoms with Gasteiger partial charge in [0.2, 0.25) is 0 Å². The Hall–Kier alpha value is -0.210. The second-order valence-corrected chi connectivity index (χ2v) is 6.60. The van der Waals surface area contributed by atoms with Crippen molar-refractivity contribution in [3.8, 4) is 0 Å². The van der Waals surface area contributed by atoms with Crippen LogP contribution >= 0.6 is 0 Å². The third-order valence-electron chi connectivity index (χ3n) is 3.49. The fraction of sp³-hybridized carbons (Fsp3) is 1.00. The van der Waals surface area contributed by atoms with E-state index in [4.69, 9.17) is 4.74 Å². The van der Waals surface area contributed by atoms with Gasteiger partial charge in [-0.1, -0.05) is 0 Å². The van der Waals surface area contributed by atoms with Gasteiger partial charge in [-0.05, 0) is 19.3 Å². The zero-order valence-electron chi connectivity index (χ0n) is 10.1. The Kier molecular flexibility index (Phi) is 4.04. The minimum Gasteiger partial charge on any atom is -0.393 e. The van der Waals surface area contributed by atoms with Crippen molar-refractivity contribution in [2.45, 2.75) is 19.4 Å². The summed E-state index contributed by atoms with van der Waals surface area (Å²) in [5, 5.41) is 9.49. The Balaban J connectivity index is 2.01. The molecule has 100 valence electrons. The average Bonchev–Trinajstić information content (AvgIpc) is 2.80. The number of rotatable bonds is 3. The molecular weight excluding hydrogens is 244 g/mol. The third kappa shape index (κ3) is 2.79. The van der Waals surface area contributed by atoms with Crippen LogP contribution in [-0.4, -0.2) is 67.6 Å². The molecule has 0 aromatic carbocycles. The number of aliphatic hydroxyl groups is 1. The van der Waals surface area contributed by atoms with E-state index in [-0.39, 0.29) is 5.92 Å². The van der Waals surface area contributed by atoms with E-state index >= 15 is 0 Å². The molecule has 0 aromatic heterocycles. The van der Waals surface area contributed by atoms with Crippen molar-refractivity contribution < 1.29 is 18.3 Å². The number of ether oxygens (including phenoxy) is 1. The molecule has 0 aliphatic carbocycles. The Morgan fingerprint density at radius 2 is 1.88 bits per heavy atom. The maximum Gasteiger partial charge on any atom is 0.282 e. The van der Waals surface area contributed by atoms with Crippen molar-refractivity contribution in [3.05, 3.63) is 0 Å². The van der Waals surface area contributed by atoms with E-state index < -0.39 is 16.3 Å². The Morgan fingerprint density at radius 1 is 1.24 bits per heavy atom. The minimum atomic E-state index is -3.35. The van der Waals surface area contributed by atoms with Crippen LogP contribution in [0.15, 0.2) is 0 Å². The molecule has 1 N–H and O–H groups in total. The van der Waals surface area contributed by atoms with Crippen LogP contribution in [0.2, 0.25) is 0 Å². The maximum absolute atomic E-state index is 12.3. The van der Waals surface area contributed by atoms with Crippen LogP contribution in [-0.2, 0) is 14.9 Å². The summed E-state index contributed by atoms with van der Waals surface area (Å²) in [5.74, 6) is 0.0609. The van der Waals surface area contributed by atoms with Gasteiger partial charge in [0.15, 0.2) is 0 Å². The zero-order chi connectivity index (χ0) is 12.5. The Labute approximate surface area is 102 Å².